The molecule has 3 rings (SSSR count). The summed E-state index contributed by atoms with van der Waals surface area (Å²) in [7, 11) is 0. The molecule has 1 saturated heterocycles. The fourth-order valence-corrected chi connectivity index (χ4v) is 2.89. The highest BCUT2D eigenvalue weighted by atomic mass is 19.1. The second-order valence-electron chi connectivity index (χ2n) is 5.57. The van der Waals surface area contributed by atoms with E-state index in [2.05, 4.69) is 21.8 Å². The van der Waals surface area contributed by atoms with Gasteiger partial charge < -0.3 is 14.6 Å². The summed E-state index contributed by atoms with van der Waals surface area (Å²) in [5.41, 5.74) is 1.70. The summed E-state index contributed by atoms with van der Waals surface area (Å²) >= 11 is 0. The SMILES string of the molecule is CCCn1c(COC2CCNCC2)nc2cc(F)ccc21. The Morgan fingerprint density at radius 3 is 2.95 bits per heavy atom. The first kappa shape index (κ1) is 14.5. The van der Waals surface area contributed by atoms with E-state index in [1.54, 1.807) is 6.07 Å². The Morgan fingerprint density at radius 1 is 1.38 bits per heavy atom. The average Bonchev–Trinajstić information content (AvgIpc) is 2.84. The number of aryl methyl sites for hydroxylation is 1. The molecular weight excluding hydrogens is 269 g/mol. The molecule has 0 spiro atoms. The van der Waals surface area contributed by atoms with Gasteiger partial charge in [-0.05, 0) is 44.5 Å². The average molecular weight is 291 g/mol. The van der Waals surface area contributed by atoms with E-state index in [0.717, 1.165) is 50.2 Å². The Morgan fingerprint density at radius 2 is 2.19 bits per heavy atom. The predicted molar refractivity (Wildman–Crippen MR) is 80.7 cm³/mol. The summed E-state index contributed by atoms with van der Waals surface area (Å²) in [6.45, 7) is 5.54. The molecule has 1 N–H and O–H groups in total. The number of imidazole rings is 1. The van der Waals surface area contributed by atoms with Crippen molar-refractivity contribution >= 4 is 11.0 Å². The predicted octanol–water partition coefficient (Wildman–Crippen LogP) is 2.85. The zero-order chi connectivity index (χ0) is 14.7. The monoisotopic (exact) mass is 291 g/mol. The maximum Gasteiger partial charge on any atom is 0.136 e. The van der Waals surface area contributed by atoms with E-state index in [1.807, 2.05) is 0 Å². The van der Waals surface area contributed by atoms with Crippen molar-refractivity contribution in [3.8, 4) is 0 Å². The fraction of sp³-hybridized carbons (Fsp3) is 0.562. The summed E-state index contributed by atoms with van der Waals surface area (Å²) in [5, 5.41) is 3.33. The van der Waals surface area contributed by atoms with Crippen LogP contribution in [0.4, 0.5) is 4.39 Å². The summed E-state index contributed by atoms with van der Waals surface area (Å²) in [5.74, 6) is 0.658. The minimum absolute atomic E-state index is 0.241. The smallest absolute Gasteiger partial charge is 0.136 e. The Hall–Kier alpha value is -1.46. The molecule has 0 unspecified atom stereocenters. The van der Waals surface area contributed by atoms with E-state index < -0.39 is 0 Å². The van der Waals surface area contributed by atoms with Crippen molar-refractivity contribution in [2.24, 2.45) is 0 Å². The molecule has 1 fully saturated rings. The van der Waals surface area contributed by atoms with Gasteiger partial charge in [-0.3, -0.25) is 0 Å². The minimum Gasteiger partial charge on any atom is -0.370 e. The Kier molecular flexibility index (Phi) is 4.51. The molecule has 1 aromatic carbocycles. The van der Waals surface area contributed by atoms with Gasteiger partial charge in [0.2, 0.25) is 0 Å². The standard InChI is InChI=1S/C16H22FN3O/c1-2-9-20-15-4-3-12(17)10-14(15)19-16(20)11-21-13-5-7-18-8-6-13/h3-4,10,13,18H,2,5-9,11H2,1H3. The molecule has 1 aliphatic heterocycles. The van der Waals surface area contributed by atoms with Gasteiger partial charge in [0.1, 0.15) is 18.2 Å². The molecule has 0 saturated carbocycles. The van der Waals surface area contributed by atoms with Crippen LogP contribution in [0.15, 0.2) is 18.2 Å². The molecule has 0 amide bonds. The molecule has 1 aromatic heterocycles. The second kappa shape index (κ2) is 6.54. The third-order valence-corrected chi connectivity index (χ3v) is 3.97. The van der Waals surface area contributed by atoms with Crippen molar-refractivity contribution in [1.29, 1.82) is 0 Å². The first-order valence-corrected chi connectivity index (χ1v) is 7.75. The second-order valence-corrected chi connectivity index (χ2v) is 5.57. The highest BCUT2D eigenvalue weighted by Gasteiger charge is 2.16. The Labute approximate surface area is 124 Å². The van der Waals surface area contributed by atoms with Crippen LogP contribution in [0.2, 0.25) is 0 Å². The van der Waals surface area contributed by atoms with Crippen molar-refractivity contribution < 1.29 is 9.13 Å². The van der Waals surface area contributed by atoms with E-state index in [-0.39, 0.29) is 5.82 Å². The lowest BCUT2D eigenvalue weighted by Gasteiger charge is -2.22. The van der Waals surface area contributed by atoms with Crippen LogP contribution in [0, 0.1) is 5.82 Å². The van der Waals surface area contributed by atoms with Gasteiger partial charge in [-0.1, -0.05) is 6.92 Å². The van der Waals surface area contributed by atoms with Crippen LogP contribution in [-0.2, 0) is 17.9 Å². The Bertz CT molecular complexity index is 605. The van der Waals surface area contributed by atoms with Crippen LogP contribution >= 0.6 is 0 Å². The van der Waals surface area contributed by atoms with Crippen LogP contribution in [-0.4, -0.2) is 28.7 Å². The lowest BCUT2D eigenvalue weighted by molar-refractivity contribution is 0.0166. The van der Waals surface area contributed by atoms with Crippen molar-refractivity contribution in [1.82, 2.24) is 14.9 Å². The number of aromatic nitrogens is 2. The molecule has 0 radical (unpaired) electrons. The van der Waals surface area contributed by atoms with Gasteiger partial charge in [-0.15, -0.1) is 0 Å². The lowest BCUT2D eigenvalue weighted by Crippen LogP contribution is -2.32. The van der Waals surface area contributed by atoms with Crippen molar-refractivity contribution in [2.45, 2.75) is 45.4 Å². The van der Waals surface area contributed by atoms with Crippen LogP contribution < -0.4 is 5.32 Å². The van der Waals surface area contributed by atoms with Crippen LogP contribution in [0.1, 0.15) is 32.0 Å². The zero-order valence-corrected chi connectivity index (χ0v) is 12.4. The Balaban J connectivity index is 1.80. The molecule has 0 bridgehead atoms. The highest BCUT2D eigenvalue weighted by molar-refractivity contribution is 5.76. The number of fused-ring (bicyclic) bond motifs is 1. The van der Waals surface area contributed by atoms with Gasteiger partial charge in [0, 0.05) is 12.6 Å². The first-order chi connectivity index (χ1) is 10.3. The largest absolute Gasteiger partial charge is 0.370 e. The molecule has 2 heterocycles. The molecular formula is C16H22FN3O. The molecule has 4 nitrogen and oxygen atoms in total. The number of halogens is 1. The van der Waals surface area contributed by atoms with Gasteiger partial charge in [0.15, 0.2) is 0 Å². The maximum atomic E-state index is 13.4. The van der Waals surface area contributed by atoms with Crippen LogP contribution in [0.3, 0.4) is 0 Å². The number of nitrogens with one attached hydrogen (secondary N) is 1. The van der Waals surface area contributed by atoms with Crippen LogP contribution in [0.5, 0.6) is 0 Å². The molecule has 21 heavy (non-hydrogen) atoms. The van der Waals surface area contributed by atoms with E-state index in [1.165, 1.54) is 12.1 Å². The van der Waals surface area contributed by atoms with Gasteiger partial charge in [0.25, 0.3) is 0 Å². The number of hydrogen-bond donors (Lipinski definition) is 1. The van der Waals surface area contributed by atoms with E-state index in [4.69, 9.17) is 4.74 Å². The third kappa shape index (κ3) is 3.24. The number of rotatable bonds is 5. The number of piperidine rings is 1. The van der Waals surface area contributed by atoms with E-state index >= 15 is 0 Å². The number of benzene rings is 1. The summed E-state index contributed by atoms with van der Waals surface area (Å²) in [6.07, 6.45) is 3.41. The molecule has 0 aliphatic carbocycles. The first-order valence-electron chi connectivity index (χ1n) is 7.75. The third-order valence-electron chi connectivity index (χ3n) is 3.97. The highest BCUT2D eigenvalue weighted by Crippen LogP contribution is 2.20. The zero-order valence-electron chi connectivity index (χ0n) is 12.4. The summed E-state index contributed by atoms with van der Waals surface area (Å²) in [4.78, 5) is 4.56. The molecule has 2 aromatic rings. The summed E-state index contributed by atoms with van der Waals surface area (Å²) in [6, 6.07) is 4.80. The quantitative estimate of drug-likeness (QED) is 0.920. The topological polar surface area (TPSA) is 39.1 Å². The van der Waals surface area contributed by atoms with Gasteiger partial charge in [0.05, 0.1) is 17.1 Å². The van der Waals surface area contributed by atoms with Crippen LogP contribution in [0.25, 0.3) is 11.0 Å². The number of hydrogen-bond acceptors (Lipinski definition) is 3. The van der Waals surface area contributed by atoms with E-state index in [9.17, 15) is 4.39 Å². The van der Waals surface area contributed by atoms with Crippen molar-refractivity contribution in [3.63, 3.8) is 0 Å². The minimum atomic E-state index is -0.241. The normalized spacial score (nSPS) is 16.7. The van der Waals surface area contributed by atoms with Gasteiger partial charge in [-0.25, -0.2) is 9.37 Å². The molecule has 5 heteroatoms. The molecule has 1 aliphatic rings. The maximum absolute atomic E-state index is 13.4. The fourth-order valence-electron chi connectivity index (χ4n) is 2.89. The number of ether oxygens (including phenoxy) is 1. The van der Waals surface area contributed by atoms with Crippen molar-refractivity contribution in [2.75, 3.05) is 13.1 Å². The molecule has 0 atom stereocenters. The lowest BCUT2D eigenvalue weighted by atomic mass is 10.1. The molecule has 114 valence electrons. The summed E-state index contributed by atoms with van der Waals surface area (Å²) < 4.78 is 21.5. The van der Waals surface area contributed by atoms with Crippen molar-refractivity contribution in [3.05, 3.63) is 29.8 Å². The number of nitrogens with zero attached hydrogens (tertiary/aromatic N) is 2. The van der Waals surface area contributed by atoms with E-state index in [0.29, 0.717) is 18.2 Å². The van der Waals surface area contributed by atoms with Gasteiger partial charge in [-0.2, -0.15) is 0 Å². The van der Waals surface area contributed by atoms with Gasteiger partial charge >= 0.3 is 0 Å².